The zero-order valence-corrected chi connectivity index (χ0v) is 15.2. The van der Waals surface area contributed by atoms with Crippen molar-refractivity contribution in [3.05, 3.63) is 29.8 Å². The van der Waals surface area contributed by atoms with Gasteiger partial charge in [0.25, 0.3) is 0 Å². The predicted molar refractivity (Wildman–Crippen MR) is 98.4 cm³/mol. The highest BCUT2D eigenvalue weighted by Gasteiger charge is 2.56. The summed E-state index contributed by atoms with van der Waals surface area (Å²) in [4.78, 5) is 15.9. The van der Waals surface area contributed by atoms with Crippen LogP contribution in [0.3, 0.4) is 0 Å². The summed E-state index contributed by atoms with van der Waals surface area (Å²) in [5.74, 6) is 2.86. The second-order valence-corrected chi connectivity index (χ2v) is 8.95. The van der Waals surface area contributed by atoms with Gasteiger partial charge in [0.15, 0.2) is 0 Å². The molecule has 0 aromatic heterocycles. The van der Waals surface area contributed by atoms with Crippen molar-refractivity contribution >= 4 is 11.6 Å². The number of nitrogens with zero attached hydrogens (tertiary/aromatic N) is 1. The first kappa shape index (κ1) is 15.9. The smallest absolute Gasteiger partial charge is 0.233 e. The summed E-state index contributed by atoms with van der Waals surface area (Å²) >= 11 is 0. The Morgan fingerprint density at radius 2 is 1.76 bits per heavy atom. The van der Waals surface area contributed by atoms with Crippen LogP contribution in [0.5, 0.6) is 0 Å². The normalized spacial score (nSPS) is 38.7. The standard InChI is InChI=1S/C22H29NO2/c1-2-25-20-7-8-23(19-6-4-3-5-18(19)20)21(24)22-12-15-9-16(13-22)11-17(10-15)14-22/h3-6,15-17,20H,2,7-14H2,1H3. The van der Waals surface area contributed by atoms with E-state index in [0.29, 0.717) is 5.91 Å². The second-order valence-electron chi connectivity index (χ2n) is 8.95. The van der Waals surface area contributed by atoms with Crippen molar-refractivity contribution < 1.29 is 9.53 Å². The van der Waals surface area contributed by atoms with Gasteiger partial charge >= 0.3 is 0 Å². The zero-order chi connectivity index (χ0) is 17.0. The molecule has 1 amide bonds. The molecule has 1 unspecified atom stereocenters. The van der Waals surface area contributed by atoms with Gasteiger partial charge in [0.05, 0.1) is 11.5 Å². The molecule has 5 aliphatic rings. The van der Waals surface area contributed by atoms with E-state index in [1.165, 1.54) is 24.8 Å². The number of carbonyl (C=O) groups excluding carboxylic acids is 1. The number of benzene rings is 1. The van der Waals surface area contributed by atoms with Gasteiger partial charge in [-0.3, -0.25) is 4.79 Å². The van der Waals surface area contributed by atoms with Crippen molar-refractivity contribution in [1.82, 2.24) is 0 Å². The molecule has 0 radical (unpaired) electrons. The van der Waals surface area contributed by atoms with E-state index in [1.807, 2.05) is 0 Å². The van der Waals surface area contributed by atoms with Crippen LogP contribution in [0.25, 0.3) is 0 Å². The minimum absolute atomic E-state index is 0.0552. The summed E-state index contributed by atoms with van der Waals surface area (Å²) in [5.41, 5.74) is 2.25. The molecule has 1 aromatic carbocycles. The average molecular weight is 339 g/mol. The molecule has 4 saturated carbocycles. The summed E-state index contributed by atoms with van der Waals surface area (Å²) in [6, 6.07) is 8.41. The lowest BCUT2D eigenvalue weighted by Crippen LogP contribution is -2.55. The second kappa shape index (κ2) is 5.84. The lowest BCUT2D eigenvalue weighted by molar-refractivity contribution is -0.143. The number of hydrogen-bond donors (Lipinski definition) is 0. The number of hydrogen-bond acceptors (Lipinski definition) is 2. The fourth-order valence-corrected chi connectivity index (χ4v) is 6.77. The molecule has 0 N–H and O–H groups in total. The van der Waals surface area contributed by atoms with Gasteiger partial charge < -0.3 is 9.64 Å². The molecule has 0 saturated heterocycles. The Morgan fingerprint density at radius 3 is 2.40 bits per heavy atom. The third-order valence-corrected chi connectivity index (χ3v) is 7.29. The highest BCUT2D eigenvalue weighted by Crippen LogP contribution is 2.61. The van der Waals surface area contributed by atoms with Gasteiger partial charge in [-0.05, 0) is 75.7 Å². The summed E-state index contributed by atoms with van der Waals surface area (Å²) in [6.07, 6.45) is 8.65. The minimum atomic E-state index is -0.0552. The maximum atomic E-state index is 13.8. The van der Waals surface area contributed by atoms with Crippen molar-refractivity contribution in [2.45, 2.75) is 58.0 Å². The van der Waals surface area contributed by atoms with Crippen LogP contribution in [-0.2, 0) is 9.53 Å². The topological polar surface area (TPSA) is 29.5 Å². The molecular weight excluding hydrogens is 310 g/mol. The quantitative estimate of drug-likeness (QED) is 0.797. The average Bonchev–Trinajstić information content (AvgIpc) is 2.60. The van der Waals surface area contributed by atoms with E-state index in [0.717, 1.165) is 62.3 Å². The Morgan fingerprint density at radius 1 is 1.12 bits per heavy atom. The summed E-state index contributed by atoms with van der Waals surface area (Å²) in [5, 5.41) is 0. The van der Waals surface area contributed by atoms with E-state index in [1.54, 1.807) is 0 Å². The Balaban J connectivity index is 1.47. The molecule has 1 heterocycles. The molecule has 0 spiro atoms. The van der Waals surface area contributed by atoms with E-state index in [2.05, 4.69) is 36.1 Å². The molecule has 1 aliphatic heterocycles. The van der Waals surface area contributed by atoms with E-state index in [4.69, 9.17) is 4.74 Å². The van der Waals surface area contributed by atoms with Gasteiger partial charge in [0.1, 0.15) is 0 Å². The third-order valence-electron chi connectivity index (χ3n) is 7.29. The van der Waals surface area contributed by atoms with E-state index in [9.17, 15) is 4.79 Å². The Hall–Kier alpha value is -1.35. The molecular formula is C22H29NO2. The molecule has 3 nitrogen and oxygen atoms in total. The summed E-state index contributed by atoms with van der Waals surface area (Å²) in [7, 11) is 0. The highest BCUT2D eigenvalue weighted by molar-refractivity contribution is 5.99. The van der Waals surface area contributed by atoms with Gasteiger partial charge in [-0.25, -0.2) is 0 Å². The van der Waals surface area contributed by atoms with Crippen LogP contribution in [0.4, 0.5) is 5.69 Å². The number of fused-ring (bicyclic) bond motifs is 1. The van der Waals surface area contributed by atoms with E-state index in [-0.39, 0.29) is 11.5 Å². The van der Waals surface area contributed by atoms with Crippen LogP contribution in [-0.4, -0.2) is 19.1 Å². The van der Waals surface area contributed by atoms with Crippen LogP contribution < -0.4 is 4.90 Å². The first-order valence-corrected chi connectivity index (χ1v) is 10.2. The van der Waals surface area contributed by atoms with E-state index < -0.39 is 0 Å². The van der Waals surface area contributed by atoms with Crippen molar-refractivity contribution in [3.8, 4) is 0 Å². The van der Waals surface area contributed by atoms with E-state index >= 15 is 0 Å². The van der Waals surface area contributed by atoms with Crippen LogP contribution in [0.2, 0.25) is 0 Å². The molecule has 4 bridgehead atoms. The number of para-hydroxylation sites is 1. The Bertz CT molecular complexity index is 647. The fourth-order valence-electron chi connectivity index (χ4n) is 6.77. The zero-order valence-electron chi connectivity index (χ0n) is 15.2. The summed E-state index contributed by atoms with van der Waals surface area (Å²) in [6.45, 7) is 3.58. The lowest BCUT2D eigenvalue weighted by Gasteiger charge is -2.57. The fraction of sp³-hybridized carbons (Fsp3) is 0.682. The Kier molecular flexibility index (Phi) is 3.70. The molecule has 1 aromatic rings. The SMILES string of the molecule is CCOC1CCN(C(=O)C23CC4CC(CC(C4)C2)C3)c2ccccc21. The largest absolute Gasteiger partial charge is 0.374 e. The van der Waals surface area contributed by atoms with Gasteiger partial charge in [-0.15, -0.1) is 0 Å². The number of rotatable bonds is 3. The highest BCUT2D eigenvalue weighted by atomic mass is 16.5. The molecule has 4 aliphatic carbocycles. The van der Waals surface area contributed by atoms with Crippen molar-refractivity contribution in [1.29, 1.82) is 0 Å². The van der Waals surface area contributed by atoms with Crippen molar-refractivity contribution in [2.75, 3.05) is 18.1 Å². The monoisotopic (exact) mass is 339 g/mol. The molecule has 4 fully saturated rings. The molecule has 1 atom stereocenters. The van der Waals surface area contributed by atoms with Crippen LogP contribution >= 0.6 is 0 Å². The van der Waals surface area contributed by atoms with Gasteiger partial charge in [0, 0.05) is 24.4 Å². The van der Waals surface area contributed by atoms with Gasteiger partial charge in [-0.1, -0.05) is 18.2 Å². The summed E-state index contributed by atoms with van der Waals surface area (Å²) < 4.78 is 5.95. The van der Waals surface area contributed by atoms with Crippen molar-refractivity contribution in [3.63, 3.8) is 0 Å². The number of ether oxygens (including phenoxy) is 1. The first-order valence-electron chi connectivity index (χ1n) is 10.2. The molecule has 25 heavy (non-hydrogen) atoms. The van der Waals surface area contributed by atoms with Gasteiger partial charge in [-0.2, -0.15) is 0 Å². The lowest BCUT2D eigenvalue weighted by atomic mass is 9.49. The van der Waals surface area contributed by atoms with Crippen molar-refractivity contribution in [2.24, 2.45) is 23.2 Å². The minimum Gasteiger partial charge on any atom is -0.374 e. The first-order chi connectivity index (χ1) is 12.2. The Labute approximate surface area is 150 Å². The maximum Gasteiger partial charge on any atom is 0.233 e. The molecule has 134 valence electrons. The van der Waals surface area contributed by atoms with Crippen LogP contribution in [0.15, 0.2) is 24.3 Å². The molecule has 6 rings (SSSR count). The number of anilines is 1. The number of amides is 1. The maximum absolute atomic E-state index is 13.8. The number of carbonyl (C=O) groups is 1. The third kappa shape index (κ3) is 2.46. The van der Waals surface area contributed by atoms with Crippen LogP contribution in [0, 0.1) is 23.2 Å². The molecule has 3 heteroatoms. The van der Waals surface area contributed by atoms with Gasteiger partial charge in [0.2, 0.25) is 5.91 Å². The predicted octanol–water partition coefficient (Wildman–Crippen LogP) is 4.72. The van der Waals surface area contributed by atoms with Crippen LogP contribution in [0.1, 0.15) is 63.5 Å².